The molecule has 1 heterocycles. The Labute approximate surface area is 228 Å². The lowest BCUT2D eigenvalue weighted by Gasteiger charge is -2.39. The number of piperidine rings is 1. The molecule has 3 rings (SSSR count). The van der Waals surface area contributed by atoms with E-state index in [4.69, 9.17) is 9.47 Å². The van der Waals surface area contributed by atoms with E-state index >= 15 is 0 Å². The predicted octanol–water partition coefficient (Wildman–Crippen LogP) is 6.52. The van der Waals surface area contributed by atoms with Crippen LogP contribution in [0.2, 0.25) is 0 Å². The molecule has 0 aliphatic carbocycles. The Morgan fingerprint density at radius 3 is 1.66 bits per heavy atom. The van der Waals surface area contributed by atoms with E-state index in [1.54, 1.807) is 4.90 Å². The van der Waals surface area contributed by atoms with Crippen molar-refractivity contribution >= 4 is 12.1 Å². The number of esters is 1. The van der Waals surface area contributed by atoms with Crippen molar-refractivity contribution in [1.29, 1.82) is 0 Å². The first-order valence-electron chi connectivity index (χ1n) is 13.7. The average Bonchev–Trinajstić information content (AvgIpc) is 2.89. The molecule has 2 aromatic carbocycles. The van der Waals surface area contributed by atoms with Gasteiger partial charge in [0.05, 0.1) is 5.41 Å². The lowest BCUT2D eigenvalue weighted by atomic mass is 9.75. The molecule has 0 unspecified atom stereocenters. The summed E-state index contributed by atoms with van der Waals surface area (Å²) in [6.45, 7) is 14.3. The first-order valence-corrected chi connectivity index (χ1v) is 13.7. The smallest absolute Gasteiger partial charge is 0.410 e. The number of rotatable bonds is 8. The largest absolute Gasteiger partial charge is 0.460 e. The molecule has 0 aromatic heterocycles. The Morgan fingerprint density at radius 1 is 0.789 bits per heavy atom. The summed E-state index contributed by atoms with van der Waals surface area (Å²) in [4.78, 5) is 27.7. The van der Waals surface area contributed by atoms with E-state index in [2.05, 4.69) is 65.8 Å². The number of likely N-dealkylation sites (tertiary alicyclic amines) is 1. The summed E-state index contributed by atoms with van der Waals surface area (Å²) in [6, 6.07) is 16.3. The highest BCUT2D eigenvalue weighted by Gasteiger charge is 2.43. The van der Waals surface area contributed by atoms with Gasteiger partial charge in [-0.3, -0.25) is 4.79 Å². The SMILES string of the molecule is CC(C)(C)c1ccc(COC(=O)N2CCC(CCCO)(C(=O)OCc3ccc(C(C)(C)C)cc3)CC2)cc1. The fourth-order valence-electron chi connectivity index (χ4n) is 4.83. The van der Waals surface area contributed by atoms with Gasteiger partial charge in [-0.05, 0) is 58.8 Å². The van der Waals surface area contributed by atoms with Crippen molar-refractivity contribution in [2.24, 2.45) is 5.41 Å². The molecule has 0 atom stereocenters. The zero-order chi connectivity index (χ0) is 28.0. The van der Waals surface area contributed by atoms with Crippen molar-refractivity contribution in [3.05, 3.63) is 70.8 Å². The summed E-state index contributed by atoms with van der Waals surface area (Å²) >= 11 is 0. The molecule has 0 bridgehead atoms. The molecule has 0 radical (unpaired) electrons. The molecule has 1 aliphatic rings. The third-order valence-electron chi connectivity index (χ3n) is 7.60. The lowest BCUT2D eigenvalue weighted by Crippen LogP contribution is -2.47. The van der Waals surface area contributed by atoms with E-state index < -0.39 is 5.41 Å². The highest BCUT2D eigenvalue weighted by Crippen LogP contribution is 2.38. The molecule has 6 heteroatoms. The molecule has 208 valence electrons. The Hall–Kier alpha value is -2.86. The van der Waals surface area contributed by atoms with Crippen LogP contribution < -0.4 is 0 Å². The zero-order valence-corrected chi connectivity index (χ0v) is 24.0. The van der Waals surface area contributed by atoms with Gasteiger partial charge in [-0.1, -0.05) is 90.1 Å². The number of ether oxygens (including phenoxy) is 2. The minimum absolute atomic E-state index is 0.0169. The minimum atomic E-state index is -0.701. The van der Waals surface area contributed by atoms with Gasteiger partial charge in [-0.15, -0.1) is 0 Å². The van der Waals surface area contributed by atoms with Crippen LogP contribution in [0, 0.1) is 5.41 Å². The molecular formula is C32H45NO5. The van der Waals surface area contributed by atoms with Crippen LogP contribution in [0.1, 0.15) is 89.5 Å². The first-order chi connectivity index (χ1) is 17.8. The maximum Gasteiger partial charge on any atom is 0.410 e. The number of benzene rings is 2. The number of nitrogens with zero attached hydrogens (tertiary/aromatic N) is 1. The van der Waals surface area contributed by atoms with Gasteiger partial charge in [0.1, 0.15) is 13.2 Å². The minimum Gasteiger partial charge on any atom is -0.460 e. The van der Waals surface area contributed by atoms with Crippen molar-refractivity contribution in [2.75, 3.05) is 19.7 Å². The highest BCUT2D eigenvalue weighted by molar-refractivity contribution is 5.77. The Balaban J connectivity index is 1.54. The van der Waals surface area contributed by atoms with Crippen molar-refractivity contribution < 1.29 is 24.2 Å². The van der Waals surface area contributed by atoms with Crippen molar-refractivity contribution in [3.8, 4) is 0 Å². The molecule has 1 amide bonds. The average molecular weight is 524 g/mol. The van der Waals surface area contributed by atoms with E-state index in [1.807, 2.05) is 24.3 Å². The van der Waals surface area contributed by atoms with Crippen LogP contribution in [0.25, 0.3) is 0 Å². The van der Waals surface area contributed by atoms with E-state index in [0.29, 0.717) is 38.8 Å². The second-order valence-electron chi connectivity index (χ2n) is 12.6. The van der Waals surface area contributed by atoms with E-state index in [1.165, 1.54) is 11.1 Å². The van der Waals surface area contributed by atoms with Crippen LogP contribution >= 0.6 is 0 Å². The summed E-state index contributed by atoms with van der Waals surface area (Å²) in [6.07, 6.45) is 1.67. The summed E-state index contributed by atoms with van der Waals surface area (Å²) in [5.41, 5.74) is 3.79. The summed E-state index contributed by atoms with van der Waals surface area (Å²) in [5, 5.41) is 9.44. The van der Waals surface area contributed by atoms with Crippen LogP contribution in [0.3, 0.4) is 0 Å². The standard InChI is InChI=1S/C32H45NO5/c1-30(2,3)26-12-8-24(9-13-26)22-37-28(35)32(16-7-21-34)17-19-33(20-18-32)29(36)38-23-25-10-14-27(15-11-25)31(4,5)6/h8-15,34H,7,16-23H2,1-6H3. The molecule has 0 saturated carbocycles. The summed E-state index contributed by atoms with van der Waals surface area (Å²) in [5.74, 6) is -0.252. The molecule has 38 heavy (non-hydrogen) atoms. The quantitative estimate of drug-likeness (QED) is 0.399. The maximum atomic E-state index is 13.3. The molecule has 1 fully saturated rings. The van der Waals surface area contributed by atoms with Gasteiger partial charge in [0, 0.05) is 19.7 Å². The van der Waals surface area contributed by atoms with Crippen molar-refractivity contribution in [2.45, 2.75) is 91.3 Å². The second-order valence-corrected chi connectivity index (χ2v) is 12.6. The van der Waals surface area contributed by atoms with Crippen LogP contribution in [0.5, 0.6) is 0 Å². The fraction of sp³-hybridized carbons (Fsp3) is 0.562. The van der Waals surface area contributed by atoms with Gasteiger partial charge in [0.2, 0.25) is 0 Å². The predicted molar refractivity (Wildman–Crippen MR) is 150 cm³/mol. The van der Waals surface area contributed by atoms with Gasteiger partial charge >= 0.3 is 12.1 Å². The fourth-order valence-corrected chi connectivity index (χ4v) is 4.83. The number of carbonyl (C=O) groups is 2. The number of aliphatic hydroxyl groups is 1. The maximum absolute atomic E-state index is 13.3. The Bertz CT molecular complexity index is 1050. The van der Waals surface area contributed by atoms with Crippen LogP contribution in [0.4, 0.5) is 4.79 Å². The number of amides is 1. The van der Waals surface area contributed by atoms with E-state index in [0.717, 1.165) is 11.1 Å². The molecule has 2 aromatic rings. The third kappa shape index (κ3) is 7.83. The van der Waals surface area contributed by atoms with Crippen LogP contribution in [-0.2, 0) is 38.3 Å². The van der Waals surface area contributed by atoms with Crippen molar-refractivity contribution in [3.63, 3.8) is 0 Å². The molecule has 1 N–H and O–H groups in total. The normalized spacial score (nSPS) is 15.7. The number of carbonyl (C=O) groups excluding carboxylic acids is 2. The van der Waals surface area contributed by atoms with Crippen LogP contribution in [0.15, 0.2) is 48.5 Å². The molecule has 1 saturated heterocycles. The Morgan fingerprint density at radius 2 is 1.24 bits per heavy atom. The van der Waals surface area contributed by atoms with E-state index in [9.17, 15) is 14.7 Å². The molecule has 0 spiro atoms. The highest BCUT2D eigenvalue weighted by atomic mass is 16.6. The monoisotopic (exact) mass is 523 g/mol. The number of aliphatic hydroxyl groups excluding tert-OH is 1. The number of hydrogen-bond acceptors (Lipinski definition) is 5. The van der Waals surface area contributed by atoms with Crippen molar-refractivity contribution in [1.82, 2.24) is 4.90 Å². The topological polar surface area (TPSA) is 76.1 Å². The van der Waals surface area contributed by atoms with Gasteiger partial charge in [0.25, 0.3) is 0 Å². The van der Waals surface area contributed by atoms with Gasteiger partial charge < -0.3 is 19.5 Å². The number of hydrogen-bond donors (Lipinski definition) is 1. The third-order valence-corrected chi connectivity index (χ3v) is 7.60. The van der Waals surface area contributed by atoms with Gasteiger partial charge in [-0.2, -0.15) is 0 Å². The molecule has 1 aliphatic heterocycles. The zero-order valence-electron chi connectivity index (χ0n) is 24.0. The Kier molecular flexibility index (Phi) is 9.64. The van der Waals surface area contributed by atoms with Crippen LogP contribution in [-0.4, -0.2) is 41.8 Å². The van der Waals surface area contributed by atoms with Gasteiger partial charge in [0.15, 0.2) is 0 Å². The van der Waals surface area contributed by atoms with E-state index in [-0.39, 0.29) is 42.7 Å². The summed E-state index contributed by atoms with van der Waals surface area (Å²) < 4.78 is 11.3. The summed E-state index contributed by atoms with van der Waals surface area (Å²) in [7, 11) is 0. The molecular weight excluding hydrogens is 478 g/mol. The molecule has 6 nitrogen and oxygen atoms in total. The first kappa shape index (κ1) is 29.7. The second kappa shape index (κ2) is 12.3. The lowest BCUT2D eigenvalue weighted by molar-refractivity contribution is -0.161. The van der Waals surface area contributed by atoms with Gasteiger partial charge in [-0.25, -0.2) is 4.79 Å².